The number of para-hydroxylation sites is 1. The molecule has 0 radical (unpaired) electrons. The minimum atomic E-state index is 0.234. The number of nitrogens with two attached hydrogens (primary N) is 1. The molecule has 18 heavy (non-hydrogen) atoms. The van der Waals surface area contributed by atoms with Crippen LogP contribution in [0.1, 0.15) is 31.2 Å². The molecule has 4 heteroatoms. The van der Waals surface area contributed by atoms with Gasteiger partial charge in [0.1, 0.15) is 6.07 Å². The van der Waals surface area contributed by atoms with Crippen molar-refractivity contribution in [3.63, 3.8) is 0 Å². The predicted molar refractivity (Wildman–Crippen MR) is 72.3 cm³/mol. The van der Waals surface area contributed by atoms with E-state index in [2.05, 4.69) is 11.0 Å². The Kier molecular flexibility index (Phi) is 4.06. The summed E-state index contributed by atoms with van der Waals surface area (Å²) >= 11 is 0. The van der Waals surface area contributed by atoms with E-state index >= 15 is 0 Å². The van der Waals surface area contributed by atoms with Crippen LogP contribution in [0.3, 0.4) is 0 Å². The Labute approximate surface area is 108 Å². The molecule has 1 saturated heterocycles. The molecule has 2 rings (SSSR count). The third-order valence-electron chi connectivity index (χ3n) is 3.59. The molecule has 0 spiro atoms. The van der Waals surface area contributed by atoms with Gasteiger partial charge in [-0.2, -0.15) is 5.26 Å². The van der Waals surface area contributed by atoms with Gasteiger partial charge >= 0.3 is 0 Å². The van der Waals surface area contributed by atoms with Gasteiger partial charge in [0.05, 0.1) is 16.9 Å². The summed E-state index contributed by atoms with van der Waals surface area (Å²) in [6.45, 7) is 1.22. The molecule has 1 aromatic carbocycles. The Balaban J connectivity index is 2.22. The lowest BCUT2D eigenvalue weighted by Gasteiger charge is -2.28. The number of nitriles is 1. The smallest absolute Gasteiger partial charge is 0.101 e. The van der Waals surface area contributed by atoms with E-state index < -0.39 is 0 Å². The molecule has 1 atom stereocenters. The number of aliphatic hydroxyl groups excluding tert-OH is 1. The molecular weight excluding hydrogens is 226 g/mol. The van der Waals surface area contributed by atoms with Gasteiger partial charge in [-0.05, 0) is 37.8 Å². The SMILES string of the molecule is N#Cc1cccc(N2CCCC2CCCO)c1N. The van der Waals surface area contributed by atoms with Gasteiger partial charge in [-0.1, -0.05) is 6.07 Å². The van der Waals surface area contributed by atoms with E-state index in [9.17, 15) is 0 Å². The van der Waals surface area contributed by atoms with Crippen molar-refractivity contribution in [2.24, 2.45) is 0 Å². The summed E-state index contributed by atoms with van der Waals surface area (Å²) in [6.07, 6.45) is 4.08. The molecule has 0 bridgehead atoms. The minimum absolute atomic E-state index is 0.234. The van der Waals surface area contributed by atoms with Crippen LogP contribution in [-0.2, 0) is 0 Å². The molecular formula is C14H19N3O. The second-order valence-corrected chi connectivity index (χ2v) is 4.71. The summed E-state index contributed by atoms with van der Waals surface area (Å²) in [4.78, 5) is 2.28. The van der Waals surface area contributed by atoms with E-state index in [1.165, 1.54) is 0 Å². The summed E-state index contributed by atoms with van der Waals surface area (Å²) in [5.41, 5.74) is 8.14. The highest BCUT2D eigenvalue weighted by Crippen LogP contribution is 2.33. The molecule has 4 nitrogen and oxygen atoms in total. The van der Waals surface area contributed by atoms with E-state index in [1.807, 2.05) is 12.1 Å². The van der Waals surface area contributed by atoms with E-state index in [1.54, 1.807) is 6.07 Å². The third kappa shape index (κ3) is 2.41. The molecule has 1 aliphatic rings. The summed E-state index contributed by atoms with van der Waals surface area (Å²) in [5, 5.41) is 17.9. The summed E-state index contributed by atoms with van der Waals surface area (Å²) < 4.78 is 0. The zero-order chi connectivity index (χ0) is 13.0. The fourth-order valence-corrected chi connectivity index (χ4v) is 2.68. The van der Waals surface area contributed by atoms with Gasteiger partial charge in [0.2, 0.25) is 0 Å². The Morgan fingerprint density at radius 2 is 2.33 bits per heavy atom. The molecule has 1 aromatic rings. The average molecular weight is 245 g/mol. The highest BCUT2D eigenvalue weighted by molar-refractivity contribution is 5.74. The first-order valence-electron chi connectivity index (χ1n) is 6.44. The second-order valence-electron chi connectivity index (χ2n) is 4.71. The zero-order valence-electron chi connectivity index (χ0n) is 10.5. The van der Waals surface area contributed by atoms with Crippen molar-refractivity contribution >= 4 is 11.4 Å². The minimum Gasteiger partial charge on any atom is -0.396 e. The molecule has 1 aliphatic heterocycles. The first-order valence-corrected chi connectivity index (χ1v) is 6.44. The highest BCUT2D eigenvalue weighted by atomic mass is 16.2. The summed E-state index contributed by atoms with van der Waals surface area (Å²) in [6, 6.07) is 8.17. The van der Waals surface area contributed by atoms with E-state index in [0.29, 0.717) is 17.3 Å². The van der Waals surface area contributed by atoms with Crippen LogP contribution in [0.15, 0.2) is 18.2 Å². The topological polar surface area (TPSA) is 73.3 Å². The largest absolute Gasteiger partial charge is 0.396 e. The van der Waals surface area contributed by atoms with E-state index in [0.717, 1.165) is 37.9 Å². The van der Waals surface area contributed by atoms with Crippen LogP contribution < -0.4 is 10.6 Å². The van der Waals surface area contributed by atoms with Crippen LogP contribution in [0.4, 0.5) is 11.4 Å². The first kappa shape index (κ1) is 12.7. The molecule has 3 N–H and O–H groups in total. The number of benzene rings is 1. The van der Waals surface area contributed by atoms with Crippen LogP contribution in [0.2, 0.25) is 0 Å². The number of aliphatic hydroxyl groups is 1. The number of hydrogen-bond acceptors (Lipinski definition) is 4. The fourth-order valence-electron chi connectivity index (χ4n) is 2.68. The number of hydrogen-bond donors (Lipinski definition) is 2. The lowest BCUT2D eigenvalue weighted by Crippen LogP contribution is -2.30. The van der Waals surface area contributed by atoms with Gasteiger partial charge in [-0.3, -0.25) is 0 Å². The normalized spacial score (nSPS) is 18.9. The maximum Gasteiger partial charge on any atom is 0.101 e. The molecule has 1 unspecified atom stereocenters. The van der Waals surface area contributed by atoms with E-state index in [-0.39, 0.29) is 6.61 Å². The molecule has 0 aliphatic carbocycles. The third-order valence-corrected chi connectivity index (χ3v) is 3.59. The van der Waals surface area contributed by atoms with Crippen LogP contribution in [0, 0.1) is 11.3 Å². The quantitative estimate of drug-likeness (QED) is 0.794. The van der Waals surface area contributed by atoms with Crippen molar-refractivity contribution in [1.29, 1.82) is 5.26 Å². The number of nitrogens with zero attached hydrogens (tertiary/aromatic N) is 2. The van der Waals surface area contributed by atoms with Gasteiger partial charge in [-0.25, -0.2) is 0 Å². The van der Waals surface area contributed by atoms with Crippen molar-refractivity contribution in [2.75, 3.05) is 23.8 Å². The van der Waals surface area contributed by atoms with Gasteiger partial charge in [-0.15, -0.1) is 0 Å². The van der Waals surface area contributed by atoms with Crippen LogP contribution in [-0.4, -0.2) is 24.3 Å². The molecule has 0 amide bonds. The lowest BCUT2D eigenvalue weighted by atomic mass is 10.1. The first-order chi connectivity index (χ1) is 8.77. The van der Waals surface area contributed by atoms with E-state index in [4.69, 9.17) is 16.1 Å². The van der Waals surface area contributed by atoms with Gasteiger partial charge in [0.25, 0.3) is 0 Å². The maximum absolute atomic E-state index is 9.01. The average Bonchev–Trinajstić information content (AvgIpc) is 2.84. The van der Waals surface area contributed by atoms with Crippen molar-refractivity contribution in [3.05, 3.63) is 23.8 Å². The standard InChI is InChI=1S/C14H19N3O/c15-10-11-4-1-7-13(14(11)16)17-8-2-5-12(17)6-3-9-18/h1,4,7,12,18H,2-3,5-6,8-9,16H2. The van der Waals surface area contributed by atoms with Crippen LogP contribution in [0.25, 0.3) is 0 Å². The number of rotatable bonds is 4. The zero-order valence-corrected chi connectivity index (χ0v) is 10.5. The van der Waals surface area contributed by atoms with Crippen molar-refractivity contribution < 1.29 is 5.11 Å². The summed E-state index contributed by atoms with van der Waals surface area (Å²) in [5.74, 6) is 0. The van der Waals surface area contributed by atoms with Gasteiger partial charge < -0.3 is 15.7 Å². The van der Waals surface area contributed by atoms with Crippen LogP contribution in [0.5, 0.6) is 0 Å². The second kappa shape index (κ2) is 5.74. The fraction of sp³-hybridized carbons (Fsp3) is 0.500. The Bertz CT molecular complexity index is 453. The monoisotopic (exact) mass is 245 g/mol. The van der Waals surface area contributed by atoms with Gasteiger partial charge in [0.15, 0.2) is 0 Å². The highest BCUT2D eigenvalue weighted by Gasteiger charge is 2.26. The Morgan fingerprint density at radius 1 is 1.50 bits per heavy atom. The summed E-state index contributed by atoms with van der Waals surface area (Å²) in [7, 11) is 0. The number of nitrogen functional groups attached to an aromatic ring is 1. The molecule has 0 saturated carbocycles. The predicted octanol–water partition coefficient (Wildman–Crippen LogP) is 1.88. The maximum atomic E-state index is 9.01. The number of anilines is 2. The molecule has 1 heterocycles. The van der Waals surface area contributed by atoms with Gasteiger partial charge in [0, 0.05) is 19.2 Å². The molecule has 0 aromatic heterocycles. The molecule has 1 fully saturated rings. The van der Waals surface area contributed by atoms with Crippen molar-refractivity contribution in [2.45, 2.75) is 31.7 Å². The van der Waals surface area contributed by atoms with Crippen molar-refractivity contribution in [3.8, 4) is 6.07 Å². The Morgan fingerprint density at radius 3 is 3.06 bits per heavy atom. The van der Waals surface area contributed by atoms with Crippen molar-refractivity contribution in [1.82, 2.24) is 0 Å². The van der Waals surface area contributed by atoms with Crippen LogP contribution >= 0.6 is 0 Å². The molecule has 96 valence electrons. The Hall–Kier alpha value is -1.73. The lowest BCUT2D eigenvalue weighted by molar-refractivity contribution is 0.279.